The van der Waals surface area contributed by atoms with Crippen LogP contribution < -0.4 is 16.1 Å². The highest BCUT2D eigenvalue weighted by Gasteiger charge is 2.24. The molecule has 31 heavy (non-hydrogen) atoms. The number of nitrogens with zero attached hydrogens (tertiary/aromatic N) is 4. The third kappa shape index (κ3) is 4.62. The summed E-state index contributed by atoms with van der Waals surface area (Å²) in [5.74, 6) is 1.91. The van der Waals surface area contributed by atoms with E-state index in [4.69, 9.17) is 4.98 Å². The number of hydrogen-bond acceptors (Lipinski definition) is 7. The molecule has 0 spiro atoms. The summed E-state index contributed by atoms with van der Waals surface area (Å²) in [6.45, 7) is 2.05. The number of benzene rings is 1. The van der Waals surface area contributed by atoms with Gasteiger partial charge in [-0.05, 0) is 36.8 Å². The fourth-order valence-electron chi connectivity index (χ4n) is 4.63. The Labute approximate surface area is 182 Å². The van der Waals surface area contributed by atoms with Crippen molar-refractivity contribution in [1.29, 1.82) is 0 Å². The van der Waals surface area contributed by atoms with E-state index in [-0.39, 0.29) is 5.91 Å². The molecule has 2 aliphatic heterocycles. The van der Waals surface area contributed by atoms with Crippen LogP contribution in [0.3, 0.4) is 0 Å². The van der Waals surface area contributed by atoms with E-state index < -0.39 is 0 Å². The standard InChI is InChI=1S/C23H29N7O/c31-22(8-4-3-7-21-25-15-26-29-21)30-10-9-20-18(14-30)13-24-23(28-20)27-19-11-16-5-1-2-6-17(16)12-19/h1-2,5-6,13,19,26H,3-4,7-12,14-15H2,(H,25,29)(H,24,27,28). The molecule has 162 valence electrons. The first-order valence-electron chi connectivity index (χ1n) is 11.2. The molecule has 8 heteroatoms. The van der Waals surface area contributed by atoms with Crippen LogP contribution in [-0.4, -0.2) is 45.9 Å². The number of hydrogen-bond donors (Lipinski definition) is 3. The van der Waals surface area contributed by atoms with E-state index in [0.29, 0.717) is 31.6 Å². The Morgan fingerprint density at radius 2 is 2.00 bits per heavy atom. The number of carbonyl (C=O) groups excluding carboxylic acids is 1. The van der Waals surface area contributed by atoms with Crippen molar-refractivity contribution in [2.75, 3.05) is 18.5 Å². The van der Waals surface area contributed by atoms with E-state index >= 15 is 0 Å². The normalized spacial score (nSPS) is 17.4. The van der Waals surface area contributed by atoms with Crippen molar-refractivity contribution in [3.8, 4) is 0 Å². The summed E-state index contributed by atoms with van der Waals surface area (Å²) in [5, 5.41) is 10.8. The molecule has 0 fully saturated rings. The fraction of sp³-hybridized carbons (Fsp3) is 0.478. The van der Waals surface area contributed by atoms with Gasteiger partial charge in [0.05, 0.1) is 5.69 Å². The van der Waals surface area contributed by atoms with Gasteiger partial charge >= 0.3 is 0 Å². The molecule has 3 aliphatic rings. The molecule has 3 heterocycles. The van der Waals surface area contributed by atoms with Crippen molar-refractivity contribution in [2.45, 2.75) is 57.5 Å². The lowest BCUT2D eigenvalue weighted by Gasteiger charge is -2.28. The minimum Gasteiger partial charge on any atom is -0.354 e. The fourth-order valence-corrected chi connectivity index (χ4v) is 4.63. The summed E-state index contributed by atoms with van der Waals surface area (Å²) in [4.78, 5) is 23.9. The van der Waals surface area contributed by atoms with E-state index in [2.05, 4.69) is 50.4 Å². The lowest BCUT2D eigenvalue weighted by atomic mass is 10.1. The van der Waals surface area contributed by atoms with Crippen molar-refractivity contribution in [1.82, 2.24) is 25.6 Å². The minimum atomic E-state index is 0.219. The highest BCUT2D eigenvalue weighted by Crippen LogP contribution is 2.24. The number of carbonyl (C=O) groups is 1. The van der Waals surface area contributed by atoms with Crippen LogP contribution >= 0.6 is 0 Å². The van der Waals surface area contributed by atoms with Gasteiger partial charge in [0.2, 0.25) is 11.9 Å². The summed E-state index contributed by atoms with van der Waals surface area (Å²) in [6.07, 6.45) is 8.02. The summed E-state index contributed by atoms with van der Waals surface area (Å²) in [7, 11) is 0. The van der Waals surface area contributed by atoms with Gasteiger partial charge in [-0.15, -0.1) is 0 Å². The molecule has 0 bridgehead atoms. The number of rotatable bonds is 7. The third-order valence-corrected chi connectivity index (χ3v) is 6.31. The zero-order valence-electron chi connectivity index (χ0n) is 17.7. The monoisotopic (exact) mass is 419 g/mol. The predicted octanol–water partition coefficient (Wildman–Crippen LogP) is 1.96. The molecule has 2 aromatic rings. The molecule has 1 aliphatic carbocycles. The molecule has 0 unspecified atom stereocenters. The quantitative estimate of drug-likeness (QED) is 0.594. The van der Waals surface area contributed by atoms with Crippen molar-refractivity contribution in [3.05, 3.63) is 52.8 Å². The van der Waals surface area contributed by atoms with Crippen molar-refractivity contribution in [3.63, 3.8) is 0 Å². The lowest BCUT2D eigenvalue weighted by Crippen LogP contribution is -2.36. The summed E-state index contributed by atoms with van der Waals surface area (Å²) in [6, 6.07) is 8.95. The molecule has 3 N–H and O–H groups in total. The van der Waals surface area contributed by atoms with E-state index in [1.54, 1.807) is 0 Å². The Balaban J connectivity index is 1.11. The smallest absolute Gasteiger partial charge is 0.223 e. The Kier molecular flexibility index (Phi) is 5.69. The topological polar surface area (TPSA) is 94.5 Å². The van der Waals surface area contributed by atoms with Gasteiger partial charge in [0.15, 0.2) is 0 Å². The second-order valence-corrected chi connectivity index (χ2v) is 8.53. The number of aromatic nitrogens is 2. The highest BCUT2D eigenvalue weighted by molar-refractivity contribution is 5.83. The summed E-state index contributed by atoms with van der Waals surface area (Å²) in [5.41, 5.74) is 7.85. The first-order chi connectivity index (χ1) is 15.2. The largest absolute Gasteiger partial charge is 0.354 e. The van der Waals surface area contributed by atoms with Crippen LogP contribution in [0.25, 0.3) is 0 Å². The summed E-state index contributed by atoms with van der Waals surface area (Å²) >= 11 is 0. The second kappa shape index (κ2) is 8.91. The number of unbranched alkanes of at least 4 members (excludes halogenated alkanes) is 1. The van der Waals surface area contributed by atoms with E-state index in [1.165, 1.54) is 11.1 Å². The molecule has 0 atom stereocenters. The van der Waals surface area contributed by atoms with Crippen LogP contribution in [0.15, 0.2) is 35.6 Å². The zero-order chi connectivity index (χ0) is 21.0. The maximum Gasteiger partial charge on any atom is 0.223 e. The molecule has 0 radical (unpaired) electrons. The van der Waals surface area contributed by atoms with Crippen molar-refractivity contribution in [2.24, 2.45) is 5.10 Å². The highest BCUT2D eigenvalue weighted by atomic mass is 16.2. The Bertz CT molecular complexity index is 965. The van der Waals surface area contributed by atoms with Crippen LogP contribution in [0.4, 0.5) is 5.95 Å². The molecule has 0 saturated heterocycles. The number of anilines is 1. The van der Waals surface area contributed by atoms with E-state index in [1.807, 2.05) is 11.1 Å². The van der Waals surface area contributed by atoms with Gasteiger partial charge in [-0.3, -0.25) is 10.2 Å². The molecule has 8 nitrogen and oxygen atoms in total. The first kappa shape index (κ1) is 19.8. The maximum absolute atomic E-state index is 12.6. The molecule has 1 aromatic heterocycles. The minimum absolute atomic E-state index is 0.219. The third-order valence-electron chi connectivity index (χ3n) is 6.31. The molecular weight excluding hydrogens is 390 g/mol. The van der Waals surface area contributed by atoms with E-state index in [9.17, 15) is 4.79 Å². The SMILES string of the molecule is O=C(CCCCC1=NNCN1)N1CCc2nc(NC3Cc4ccccc4C3)ncc2C1. The number of fused-ring (bicyclic) bond motifs is 2. The average molecular weight is 420 g/mol. The Morgan fingerprint density at radius 1 is 1.16 bits per heavy atom. The maximum atomic E-state index is 12.6. The Morgan fingerprint density at radius 3 is 2.77 bits per heavy atom. The van der Waals surface area contributed by atoms with Gasteiger partial charge in [0, 0.05) is 50.2 Å². The van der Waals surface area contributed by atoms with Crippen LogP contribution in [0.1, 0.15) is 48.1 Å². The summed E-state index contributed by atoms with van der Waals surface area (Å²) < 4.78 is 0. The molecule has 1 amide bonds. The van der Waals surface area contributed by atoms with E-state index in [0.717, 1.165) is 62.2 Å². The average Bonchev–Trinajstić information content (AvgIpc) is 3.45. The van der Waals surface area contributed by atoms with Crippen molar-refractivity contribution >= 4 is 17.7 Å². The van der Waals surface area contributed by atoms with Crippen LogP contribution in [-0.2, 0) is 30.6 Å². The second-order valence-electron chi connectivity index (χ2n) is 8.53. The van der Waals surface area contributed by atoms with Crippen molar-refractivity contribution < 1.29 is 4.79 Å². The molecule has 1 aromatic carbocycles. The van der Waals surface area contributed by atoms with Crippen LogP contribution in [0, 0.1) is 0 Å². The predicted molar refractivity (Wildman–Crippen MR) is 119 cm³/mol. The number of hydrazone groups is 1. The number of amidine groups is 1. The van der Waals surface area contributed by atoms with Gasteiger partial charge in [-0.25, -0.2) is 9.97 Å². The van der Waals surface area contributed by atoms with Gasteiger partial charge in [-0.2, -0.15) is 5.10 Å². The zero-order valence-corrected chi connectivity index (χ0v) is 17.7. The Hall–Kier alpha value is -3.16. The molecule has 0 saturated carbocycles. The number of amides is 1. The molecular formula is C23H29N7O. The van der Waals surface area contributed by atoms with Crippen LogP contribution in [0.5, 0.6) is 0 Å². The van der Waals surface area contributed by atoms with Gasteiger partial charge in [0.1, 0.15) is 12.5 Å². The number of nitrogens with one attached hydrogen (secondary N) is 3. The first-order valence-corrected chi connectivity index (χ1v) is 11.2. The lowest BCUT2D eigenvalue weighted by molar-refractivity contribution is -0.132. The van der Waals surface area contributed by atoms with Gasteiger partial charge < -0.3 is 15.5 Å². The molecule has 5 rings (SSSR count). The van der Waals surface area contributed by atoms with Gasteiger partial charge in [-0.1, -0.05) is 24.3 Å². The van der Waals surface area contributed by atoms with Gasteiger partial charge in [0.25, 0.3) is 0 Å². The van der Waals surface area contributed by atoms with Crippen LogP contribution in [0.2, 0.25) is 0 Å².